The van der Waals surface area contributed by atoms with Crippen molar-refractivity contribution in [1.29, 1.82) is 0 Å². The van der Waals surface area contributed by atoms with Gasteiger partial charge in [0, 0.05) is 0 Å². The maximum atomic E-state index is 12.6. The number of hydrogen-bond acceptors (Lipinski definition) is 3. The third kappa shape index (κ3) is 2.41. The average Bonchev–Trinajstić information content (AvgIpc) is 3.11. The zero-order valence-corrected chi connectivity index (χ0v) is 14.0. The molecule has 2 aromatic carbocycles. The van der Waals surface area contributed by atoms with E-state index in [1.165, 1.54) is 4.68 Å². The second-order valence-corrected chi connectivity index (χ2v) is 6.02. The molecule has 2 N–H and O–H groups in total. The van der Waals surface area contributed by atoms with Gasteiger partial charge in [0.2, 0.25) is 0 Å². The van der Waals surface area contributed by atoms with Crippen LogP contribution in [0.15, 0.2) is 65.5 Å². The van der Waals surface area contributed by atoms with E-state index in [0.29, 0.717) is 17.0 Å². The van der Waals surface area contributed by atoms with Crippen molar-refractivity contribution >= 4 is 11.9 Å². The first-order chi connectivity index (χ1) is 12.6. The molecule has 1 aliphatic rings. The fourth-order valence-corrected chi connectivity index (χ4v) is 3.25. The van der Waals surface area contributed by atoms with Crippen LogP contribution in [0.25, 0.3) is 11.3 Å². The first-order valence-corrected chi connectivity index (χ1v) is 8.14. The number of hydrogen-bond donors (Lipinski definition) is 2. The molecule has 0 radical (unpaired) electrons. The highest BCUT2D eigenvalue weighted by atomic mass is 16.2. The highest BCUT2D eigenvalue weighted by Gasteiger charge is 2.42. The molecule has 1 atom stereocenters. The molecule has 7 nitrogen and oxygen atoms in total. The van der Waals surface area contributed by atoms with E-state index in [2.05, 4.69) is 10.3 Å². The van der Waals surface area contributed by atoms with Crippen LogP contribution < -0.4 is 16.0 Å². The third-order valence-electron chi connectivity index (χ3n) is 4.43. The van der Waals surface area contributed by atoms with Crippen molar-refractivity contribution in [3.05, 3.63) is 82.4 Å². The second-order valence-electron chi connectivity index (χ2n) is 6.02. The standard InChI is InChI=1S/C19H16N4O3/c1-12-15(13-8-4-2-5-9-13)20-18(25)22(12)23-16(17(24)21-19(23)26)14-10-6-3-7-11-14/h2-11,16H,1H3,(H,20,25)(H,21,24,26). The molecular weight excluding hydrogens is 332 g/mol. The summed E-state index contributed by atoms with van der Waals surface area (Å²) >= 11 is 0. The predicted octanol–water partition coefficient (Wildman–Crippen LogP) is 2.08. The molecule has 1 aromatic heterocycles. The normalized spacial score (nSPS) is 16.8. The van der Waals surface area contributed by atoms with Crippen molar-refractivity contribution < 1.29 is 9.59 Å². The van der Waals surface area contributed by atoms with Crippen molar-refractivity contribution in [3.63, 3.8) is 0 Å². The topological polar surface area (TPSA) is 87.2 Å². The molecule has 0 saturated carbocycles. The minimum absolute atomic E-state index is 0.463. The summed E-state index contributed by atoms with van der Waals surface area (Å²) in [6.07, 6.45) is 0. The summed E-state index contributed by atoms with van der Waals surface area (Å²) in [5.74, 6) is -0.463. The maximum absolute atomic E-state index is 12.6. The highest BCUT2D eigenvalue weighted by molar-refractivity contribution is 6.11. The van der Waals surface area contributed by atoms with E-state index in [1.54, 1.807) is 31.2 Å². The summed E-state index contributed by atoms with van der Waals surface area (Å²) in [7, 11) is 0. The molecule has 3 amide bonds. The fraction of sp³-hybridized carbons (Fsp3) is 0.105. The van der Waals surface area contributed by atoms with E-state index in [0.717, 1.165) is 10.6 Å². The Bertz CT molecular complexity index is 1040. The van der Waals surface area contributed by atoms with E-state index < -0.39 is 23.7 Å². The van der Waals surface area contributed by atoms with E-state index in [9.17, 15) is 14.4 Å². The van der Waals surface area contributed by atoms with Crippen LogP contribution in [-0.2, 0) is 4.79 Å². The number of amides is 3. The molecule has 7 heteroatoms. The van der Waals surface area contributed by atoms with Crippen molar-refractivity contribution in [2.75, 3.05) is 5.01 Å². The van der Waals surface area contributed by atoms with Crippen molar-refractivity contribution in [1.82, 2.24) is 15.0 Å². The Labute approximate surface area is 148 Å². The number of H-pyrrole nitrogens is 1. The zero-order chi connectivity index (χ0) is 18.3. The van der Waals surface area contributed by atoms with Gasteiger partial charge in [-0.1, -0.05) is 60.7 Å². The number of benzene rings is 2. The Morgan fingerprint density at radius 3 is 2.15 bits per heavy atom. The Hall–Kier alpha value is -3.61. The van der Waals surface area contributed by atoms with E-state index in [-0.39, 0.29) is 0 Å². The van der Waals surface area contributed by atoms with Gasteiger partial charge in [-0.3, -0.25) is 10.1 Å². The smallest absolute Gasteiger partial charge is 0.304 e. The van der Waals surface area contributed by atoms with Crippen molar-refractivity contribution in [2.24, 2.45) is 0 Å². The number of aromatic nitrogens is 2. The fourth-order valence-electron chi connectivity index (χ4n) is 3.25. The number of nitrogens with one attached hydrogen (secondary N) is 2. The summed E-state index contributed by atoms with van der Waals surface area (Å²) in [4.78, 5) is 40.2. The monoisotopic (exact) mass is 348 g/mol. The largest absolute Gasteiger partial charge is 0.345 e. The maximum Gasteiger partial charge on any atom is 0.345 e. The lowest BCUT2D eigenvalue weighted by Crippen LogP contribution is -2.45. The van der Waals surface area contributed by atoms with Gasteiger partial charge in [0.15, 0.2) is 6.04 Å². The molecule has 0 bridgehead atoms. The third-order valence-corrected chi connectivity index (χ3v) is 4.43. The van der Waals surface area contributed by atoms with Crippen molar-refractivity contribution in [3.8, 4) is 11.3 Å². The van der Waals surface area contributed by atoms with E-state index >= 15 is 0 Å². The number of imide groups is 1. The van der Waals surface area contributed by atoms with Crippen LogP contribution in [0.4, 0.5) is 4.79 Å². The van der Waals surface area contributed by atoms with Gasteiger partial charge in [0.1, 0.15) is 0 Å². The number of nitrogens with zero attached hydrogens (tertiary/aromatic N) is 2. The number of aromatic amines is 1. The van der Waals surface area contributed by atoms with Crippen LogP contribution >= 0.6 is 0 Å². The number of rotatable bonds is 3. The first-order valence-electron chi connectivity index (χ1n) is 8.14. The summed E-state index contributed by atoms with van der Waals surface area (Å²) in [5.41, 5.74) is 2.13. The lowest BCUT2D eigenvalue weighted by Gasteiger charge is -2.23. The summed E-state index contributed by atoms with van der Waals surface area (Å²) in [5, 5.41) is 3.46. The quantitative estimate of drug-likeness (QED) is 0.711. The Balaban J connectivity index is 1.86. The van der Waals surface area contributed by atoms with Gasteiger partial charge in [-0.2, -0.15) is 4.68 Å². The Morgan fingerprint density at radius 2 is 1.50 bits per heavy atom. The molecule has 0 aliphatic carbocycles. The molecule has 130 valence electrons. The summed E-state index contributed by atoms with van der Waals surface area (Å²) in [6, 6.07) is 16.7. The van der Waals surface area contributed by atoms with Crippen LogP contribution in [0, 0.1) is 6.92 Å². The van der Waals surface area contributed by atoms with Crippen molar-refractivity contribution in [2.45, 2.75) is 13.0 Å². The van der Waals surface area contributed by atoms with Crippen LogP contribution in [0.2, 0.25) is 0 Å². The Kier molecular flexibility index (Phi) is 3.69. The SMILES string of the molecule is Cc1c(-c2ccccc2)[nH]c(=O)n1N1C(=O)NC(=O)C1c1ccccc1. The lowest BCUT2D eigenvalue weighted by molar-refractivity contribution is -0.120. The lowest BCUT2D eigenvalue weighted by atomic mass is 10.1. The molecule has 0 spiro atoms. The molecule has 4 rings (SSSR count). The average molecular weight is 348 g/mol. The Morgan fingerprint density at radius 1 is 0.885 bits per heavy atom. The molecule has 1 aliphatic heterocycles. The minimum atomic E-state index is -0.903. The van der Waals surface area contributed by atoms with Gasteiger partial charge in [-0.25, -0.2) is 14.6 Å². The molecule has 1 fully saturated rings. The molecule has 26 heavy (non-hydrogen) atoms. The van der Waals surface area contributed by atoms with Gasteiger partial charge < -0.3 is 4.98 Å². The predicted molar refractivity (Wildman–Crippen MR) is 96.2 cm³/mol. The van der Waals surface area contributed by atoms with E-state index in [1.807, 2.05) is 36.4 Å². The van der Waals surface area contributed by atoms with Crippen LogP contribution in [0.5, 0.6) is 0 Å². The van der Waals surface area contributed by atoms with Gasteiger partial charge in [0.25, 0.3) is 5.91 Å². The number of urea groups is 1. The van der Waals surface area contributed by atoms with Gasteiger partial charge >= 0.3 is 11.7 Å². The molecule has 3 aromatic rings. The van der Waals surface area contributed by atoms with Gasteiger partial charge in [0.05, 0.1) is 11.4 Å². The van der Waals surface area contributed by atoms with Crippen LogP contribution in [0.1, 0.15) is 17.3 Å². The molecular formula is C19H16N4O3. The van der Waals surface area contributed by atoms with Crippen LogP contribution in [0.3, 0.4) is 0 Å². The second kappa shape index (κ2) is 6.03. The number of imidazole rings is 1. The summed E-state index contributed by atoms with van der Waals surface area (Å²) < 4.78 is 1.22. The number of carbonyl (C=O) groups excluding carboxylic acids is 2. The highest BCUT2D eigenvalue weighted by Crippen LogP contribution is 2.27. The minimum Gasteiger partial charge on any atom is -0.304 e. The number of carbonyl (C=O) groups is 2. The molecule has 1 saturated heterocycles. The molecule has 2 heterocycles. The first kappa shape index (κ1) is 15.9. The van der Waals surface area contributed by atoms with Gasteiger partial charge in [-0.15, -0.1) is 0 Å². The summed E-state index contributed by atoms with van der Waals surface area (Å²) in [6.45, 7) is 1.73. The van der Waals surface area contributed by atoms with Gasteiger partial charge in [-0.05, 0) is 18.1 Å². The molecule has 1 unspecified atom stereocenters. The van der Waals surface area contributed by atoms with Crippen LogP contribution in [-0.4, -0.2) is 21.6 Å². The zero-order valence-electron chi connectivity index (χ0n) is 14.0. The van der Waals surface area contributed by atoms with E-state index in [4.69, 9.17) is 0 Å².